The van der Waals surface area contributed by atoms with E-state index in [9.17, 15) is 8.63 Å². The molecular weight excluding hydrogens is 175 g/mol. The summed E-state index contributed by atoms with van der Waals surface area (Å²) in [6, 6.07) is 0. The maximum absolute atomic E-state index is 9.89. The molecule has 2 nitrogen and oxygen atoms in total. The Morgan fingerprint density at radius 2 is 1.38 bits per heavy atom. The second-order valence-electron chi connectivity index (χ2n) is 2.87. The zero-order chi connectivity index (χ0) is 10.9. The van der Waals surface area contributed by atoms with Crippen LogP contribution in [-0.2, 0) is 0 Å². The van der Waals surface area contributed by atoms with Gasteiger partial charge in [0.05, 0.1) is 0 Å². The molecule has 0 fully saturated rings. The summed E-state index contributed by atoms with van der Waals surface area (Å²) < 4.78 is 19.8. The first-order valence-electron chi connectivity index (χ1n) is 4.63. The van der Waals surface area contributed by atoms with Gasteiger partial charge in [0, 0.05) is 5.54 Å². The molecule has 0 saturated carbocycles. The molecule has 5 heteroatoms. The lowest BCUT2D eigenvalue weighted by Crippen LogP contribution is -2.40. The highest BCUT2D eigenvalue weighted by Crippen LogP contribution is 2.17. The number of hydrogen-bond donors (Lipinski definition) is 2. The van der Waals surface area contributed by atoms with Crippen molar-refractivity contribution >= 4 is 7.47 Å². The van der Waals surface area contributed by atoms with Gasteiger partial charge in [0.15, 0.2) is 0 Å². The number of halogens is 2. The van der Waals surface area contributed by atoms with Crippen molar-refractivity contribution in [3.63, 3.8) is 0 Å². The molecule has 0 heterocycles. The lowest BCUT2D eigenvalue weighted by molar-refractivity contribution is 0.313. The maximum atomic E-state index is 9.89. The minimum atomic E-state index is -3.17. The van der Waals surface area contributed by atoms with Crippen LogP contribution < -0.4 is 5.32 Å². The third-order valence-corrected chi connectivity index (χ3v) is 2.56. The quantitative estimate of drug-likeness (QED) is 0.673. The minimum Gasteiger partial charge on any atom is -0.395 e. The second-order valence-corrected chi connectivity index (χ2v) is 2.87. The Balaban J connectivity index is 0. The Labute approximate surface area is 79.9 Å². The molecule has 0 atom stereocenters. The van der Waals surface area contributed by atoms with Gasteiger partial charge >= 0.3 is 7.47 Å². The summed E-state index contributed by atoms with van der Waals surface area (Å²) >= 11 is 0. The fraction of sp³-hybridized carbons (Fsp3) is 1.00. The van der Waals surface area contributed by atoms with Crippen molar-refractivity contribution in [3.05, 3.63) is 0 Å². The fourth-order valence-electron chi connectivity index (χ4n) is 1.28. The highest BCUT2D eigenvalue weighted by atomic mass is 19.2. The van der Waals surface area contributed by atoms with Crippen molar-refractivity contribution in [2.24, 2.45) is 0 Å². The van der Waals surface area contributed by atoms with Crippen LogP contribution in [0.25, 0.3) is 0 Å². The van der Waals surface area contributed by atoms with Crippen molar-refractivity contribution in [1.82, 2.24) is 5.32 Å². The van der Waals surface area contributed by atoms with Crippen molar-refractivity contribution in [3.8, 4) is 0 Å². The summed E-state index contributed by atoms with van der Waals surface area (Å²) in [5, 5.41) is 10.1. The second kappa shape index (κ2) is 8.44. The first-order chi connectivity index (χ1) is 5.97. The van der Waals surface area contributed by atoms with Gasteiger partial charge in [-0.05, 0) is 26.3 Å². The summed E-state index contributed by atoms with van der Waals surface area (Å²) in [6.45, 7) is 6.72. The van der Waals surface area contributed by atoms with E-state index in [0.717, 1.165) is 0 Å². The SMILES string of the molecule is CCC(CC)(CC)NC.OB(F)F. The molecule has 0 unspecified atom stereocenters. The standard InChI is InChI=1S/C8H19N.BF2HO/c1-5-8(6-2,7-3)9-4;2-1(3)4/h9H,5-7H2,1-4H3;4H. The van der Waals surface area contributed by atoms with Gasteiger partial charge < -0.3 is 10.3 Å². The third-order valence-electron chi connectivity index (χ3n) is 2.56. The van der Waals surface area contributed by atoms with Gasteiger partial charge in [0.2, 0.25) is 0 Å². The zero-order valence-corrected chi connectivity index (χ0v) is 8.90. The molecule has 13 heavy (non-hydrogen) atoms. The summed E-state index contributed by atoms with van der Waals surface area (Å²) in [4.78, 5) is 0. The predicted molar refractivity (Wildman–Crippen MR) is 52.9 cm³/mol. The lowest BCUT2D eigenvalue weighted by Gasteiger charge is -2.29. The van der Waals surface area contributed by atoms with Gasteiger partial charge in [-0.2, -0.15) is 0 Å². The molecule has 0 aromatic heterocycles. The van der Waals surface area contributed by atoms with Crippen molar-refractivity contribution < 1.29 is 13.7 Å². The molecule has 0 spiro atoms. The summed E-state index contributed by atoms with van der Waals surface area (Å²) in [5.41, 5.74) is 0.417. The van der Waals surface area contributed by atoms with Gasteiger partial charge in [-0.15, -0.1) is 0 Å². The molecule has 0 aromatic carbocycles. The predicted octanol–water partition coefficient (Wildman–Crippen LogP) is 2.08. The molecule has 0 aliphatic rings. The number of hydrogen-bond acceptors (Lipinski definition) is 2. The largest absolute Gasteiger partial charge is 0.718 e. The van der Waals surface area contributed by atoms with Gasteiger partial charge in [0.1, 0.15) is 0 Å². The first kappa shape index (κ1) is 15.3. The molecular formula is C8H20BF2NO. The van der Waals surface area contributed by atoms with E-state index in [1.54, 1.807) is 0 Å². The summed E-state index contributed by atoms with van der Waals surface area (Å²) in [6.07, 6.45) is 3.70. The van der Waals surface area contributed by atoms with E-state index in [1.807, 2.05) is 0 Å². The van der Waals surface area contributed by atoms with E-state index in [4.69, 9.17) is 5.02 Å². The molecule has 0 radical (unpaired) electrons. The van der Waals surface area contributed by atoms with Gasteiger partial charge in [-0.1, -0.05) is 20.8 Å². The Morgan fingerprint density at radius 1 is 1.15 bits per heavy atom. The van der Waals surface area contributed by atoms with E-state index in [1.165, 1.54) is 19.3 Å². The molecule has 0 aliphatic carbocycles. The van der Waals surface area contributed by atoms with Crippen LogP contribution in [0.3, 0.4) is 0 Å². The van der Waals surface area contributed by atoms with Gasteiger partial charge in [0.25, 0.3) is 0 Å². The molecule has 0 rings (SSSR count). The van der Waals surface area contributed by atoms with Crippen LogP contribution >= 0.6 is 0 Å². The molecule has 0 saturated heterocycles. The van der Waals surface area contributed by atoms with Gasteiger partial charge in [-0.25, -0.2) is 0 Å². The summed E-state index contributed by atoms with van der Waals surface area (Å²) in [5.74, 6) is 0. The van der Waals surface area contributed by atoms with E-state index in [2.05, 4.69) is 33.1 Å². The first-order valence-corrected chi connectivity index (χ1v) is 4.63. The van der Waals surface area contributed by atoms with Crippen molar-refractivity contribution in [1.29, 1.82) is 0 Å². The molecule has 80 valence electrons. The molecule has 2 N–H and O–H groups in total. The highest BCUT2D eigenvalue weighted by molar-refractivity contribution is 6.32. The number of nitrogens with one attached hydrogen (secondary N) is 1. The highest BCUT2D eigenvalue weighted by Gasteiger charge is 2.19. The van der Waals surface area contributed by atoms with E-state index in [0.29, 0.717) is 5.54 Å². The van der Waals surface area contributed by atoms with E-state index >= 15 is 0 Å². The molecule has 0 aromatic rings. The van der Waals surface area contributed by atoms with E-state index in [-0.39, 0.29) is 0 Å². The van der Waals surface area contributed by atoms with Crippen LogP contribution in [0, 0.1) is 0 Å². The zero-order valence-electron chi connectivity index (χ0n) is 8.90. The smallest absolute Gasteiger partial charge is 0.395 e. The Morgan fingerprint density at radius 3 is 1.38 bits per heavy atom. The summed E-state index contributed by atoms with van der Waals surface area (Å²) in [7, 11) is -1.11. The van der Waals surface area contributed by atoms with Crippen LogP contribution in [0.2, 0.25) is 0 Å². The Bertz CT molecular complexity index is 90.1. The molecule has 0 aliphatic heterocycles. The van der Waals surface area contributed by atoms with Crippen LogP contribution in [0.15, 0.2) is 0 Å². The van der Waals surface area contributed by atoms with Crippen LogP contribution in [0.4, 0.5) is 8.63 Å². The molecule has 0 amide bonds. The van der Waals surface area contributed by atoms with E-state index < -0.39 is 7.47 Å². The normalized spacial score (nSPS) is 10.4. The third kappa shape index (κ3) is 8.18. The van der Waals surface area contributed by atoms with Crippen molar-refractivity contribution in [2.75, 3.05) is 7.05 Å². The van der Waals surface area contributed by atoms with Crippen molar-refractivity contribution in [2.45, 2.75) is 45.6 Å². The van der Waals surface area contributed by atoms with Crippen LogP contribution in [-0.4, -0.2) is 25.1 Å². The average molecular weight is 195 g/mol. The monoisotopic (exact) mass is 195 g/mol. The lowest BCUT2D eigenvalue weighted by atomic mass is 9.90. The molecule has 0 bridgehead atoms. The Hall–Kier alpha value is -0.155. The average Bonchev–Trinajstić information content (AvgIpc) is 2.09. The topological polar surface area (TPSA) is 32.3 Å². The maximum Gasteiger partial charge on any atom is 0.718 e. The number of rotatable bonds is 4. The van der Waals surface area contributed by atoms with Crippen LogP contribution in [0.1, 0.15) is 40.0 Å². The fourth-order valence-corrected chi connectivity index (χ4v) is 1.28. The Kier molecular flexibility index (Phi) is 9.95. The van der Waals surface area contributed by atoms with Crippen LogP contribution in [0.5, 0.6) is 0 Å². The van der Waals surface area contributed by atoms with Gasteiger partial charge in [-0.3, -0.25) is 8.63 Å². The minimum absolute atomic E-state index is 0.417.